The summed E-state index contributed by atoms with van der Waals surface area (Å²) >= 11 is 0. The van der Waals surface area contributed by atoms with E-state index in [2.05, 4.69) is 27.7 Å². The van der Waals surface area contributed by atoms with Gasteiger partial charge >= 0.3 is 5.97 Å². The van der Waals surface area contributed by atoms with Crippen LogP contribution in [0.3, 0.4) is 0 Å². The van der Waals surface area contributed by atoms with Crippen molar-refractivity contribution < 1.29 is 14.3 Å². The van der Waals surface area contributed by atoms with Gasteiger partial charge in [0.05, 0.1) is 24.7 Å². The molecule has 0 amide bonds. The molecule has 2 aliphatic rings. The van der Waals surface area contributed by atoms with Crippen molar-refractivity contribution in [3.05, 3.63) is 0 Å². The molecule has 1 saturated carbocycles. The van der Waals surface area contributed by atoms with Crippen molar-refractivity contribution in [1.29, 1.82) is 0 Å². The van der Waals surface area contributed by atoms with E-state index in [1.54, 1.807) is 0 Å². The maximum Gasteiger partial charge on any atom is 0.308 e. The molecule has 176 valence electrons. The third-order valence-electron chi connectivity index (χ3n) is 7.08. The van der Waals surface area contributed by atoms with Crippen molar-refractivity contribution in [3.8, 4) is 0 Å². The molecule has 0 radical (unpaired) electrons. The molecule has 1 aliphatic heterocycles. The molecular formula is C27H50O3. The minimum absolute atomic E-state index is 0.0810. The summed E-state index contributed by atoms with van der Waals surface area (Å²) in [4.78, 5) is 12.8. The number of epoxide rings is 1. The fourth-order valence-electron chi connectivity index (χ4n) is 4.93. The Bertz CT molecular complexity index is 459. The van der Waals surface area contributed by atoms with Crippen LogP contribution >= 0.6 is 0 Å². The number of carbonyl (C=O) groups excluding carboxylic acids is 1. The SMILES string of the molecule is CC(C)CCCCCCCC(CCCCCC(C)C)C(=O)OCC1CCC2OC2C1. The van der Waals surface area contributed by atoms with E-state index in [0.29, 0.717) is 24.7 Å². The van der Waals surface area contributed by atoms with Crippen LogP contribution in [0.2, 0.25) is 0 Å². The molecule has 0 spiro atoms. The van der Waals surface area contributed by atoms with Crippen LogP contribution in [-0.4, -0.2) is 24.8 Å². The molecular weight excluding hydrogens is 372 g/mol. The Labute approximate surface area is 187 Å². The van der Waals surface area contributed by atoms with Gasteiger partial charge in [0.1, 0.15) is 0 Å². The normalized spacial score (nSPS) is 24.1. The van der Waals surface area contributed by atoms with Crippen molar-refractivity contribution in [2.24, 2.45) is 23.7 Å². The second kappa shape index (κ2) is 14.5. The first-order valence-corrected chi connectivity index (χ1v) is 13.3. The van der Waals surface area contributed by atoms with E-state index in [9.17, 15) is 4.79 Å². The molecule has 3 heteroatoms. The lowest BCUT2D eigenvalue weighted by Crippen LogP contribution is -2.24. The van der Waals surface area contributed by atoms with Crippen LogP contribution in [0.1, 0.15) is 124 Å². The lowest BCUT2D eigenvalue weighted by atomic mass is 9.90. The highest BCUT2D eigenvalue weighted by Crippen LogP contribution is 2.39. The monoisotopic (exact) mass is 422 g/mol. The van der Waals surface area contributed by atoms with Crippen LogP contribution in [0, 0.1) is 23.7 Å². The molecule has 0 N–H and O–H groups in total. The Balaban J connectivity index is 1.63. The smallest absolute Gasteiger partial charge is 0.308 e. The first-order valence-electron chi connectivity index (χ1n) is 13.3. The van der Waals surface area contributed by atoms with Gasteiger partial charge < -0.3 is 9.47 Å². The number of hydrogen-bond acceptors (Lipinski definition) is 3. The molecule has 4 unspecified atom stereocenters. The van der Waals surface area contributed by atoms with Crippen LogP contribution in [0.4, 0.5) is 0 Å². The van der Waals surface area contributed by atoms with Gasteiger partial charge in [0, 0.05) is 0 Å². The van der Waals surface area contributed by atoms with Crippen LogP contribution in [0.25, 0.3) is 0 Å². The number of fused-ring (bicyclic) bond motifs is 1. The lowest BCUT2D eigenvalue weighted by molar-refractivity contribution is -0.150. The second-order valence-corrected chi connectivity index (χ2v) is 11.0. The van der Waals surface area contributed by atoms with E-state index in [4.69, 9.17) is 9.47 Å². The highest BCUT2D eigenvalue weighted by Gasteiger charge is 2.44. The zero-order valence-corrected chi connectivity index (χ0v) is 20.5. The average molecular weight is 423 g/mol. The van der Waals surface area contributed by atoms with Gasteiger partial charge in [-0.25, -0.2) is 0 Å². The molecule has 4 atom stereocenters. The molecule has 0 aromatic rings. The summed E-state index contributed by atoms with van der Waals surface area (Å²) in [5.41, 5.74) is 0. The third-order valence-corrected chi connectivity index (χ3v) is 7.08. The Kier molecular flexibility index (Phi) is 12.4. The number of unbranched alkanes of at least 4 members (excludes halogenated alkanes) is 6. The maximum atomic E-state index is 12.8. The van der Waals surface area contributed by atoms with Gasteiger partial charge in [-0.2, -0.15) is 0 Å². The van der Waals surface area contributed by atoms with Gasteiger partial charge in [0.15, 0.2) is 0 Å². The van der Waals surface area contributed by atoms with E-state index >= 15 is 0 Å². The van der Waals surface area contributed by atoms with Gasteiger partial charge in [-0.1, -0.05) is 91.9 Å². The summed E-state index contributed by atoms with van der Waals surface area (Å²) in [5, 5.41) is 0. The molecule has 2 rings (SSSR count). The summed E-state index contributed by atoms with van der Waals surface area (Å²) in [7, 11) is 0. The minimum atomic E-state index is 0.0810. The fourth-order valence-corrected chi connectivity index (χ4v) is 4.93. The molecule has 3 nitrogen and oxygen atoms in total. The average Bonchev–Trinajstić information content (AvgIpc) is 3.47. The van der Waals surface area contributed by atoms with Gasteiger partial charge in [-0.3, -0.25) is 4.79 Å². The minimum Gasteiger partial charge on any atom is -0.465 e. The van der Waals surface area contributed by atoms with E-state index in [0.717, 1.165) is 43.9 Å². The molecule has 0 aromatic heterocycles. The Hall–Kier alpha value is -0.570. The highest BCUT2D eigenvalue weighted by molar-refractivity contribution is 5.72. The number of hydrogen-bond donors (Lipinski definition) is 0. The van der Waals surface area contributed by atoms with Crippen LogP contribution < -0.4 is 0 Å². The topological polar surface area (TPSA) is 38.8 Å². The van der Waals surface area contributed by atoms with Gasteiger partial charge in [-0.05, 0) is 49.9 Å². The van der Waals surface area contributed by atoms with E-state index in [1.165, 1.54) is 64.2 Å². The van der Waals surface area contributed by atoms with Crippen molar-refractivity contribution in [2.75, 3.05) is 6.61 Å². The number of rotatable bonds is 17. The molecule has 1 aliphatic carbocycles. The molecule has 30 heavy (non-hydrogen) atoms. The zero-order valence-electron chi connectivity index (χ0n) is 20.5. The second-order valence-electron chi connectivity index (χ2n) is 11.0. The summed E-state index contributed by atoms with van der Waals surface area (Å²) in [6.45, 7) is 9.81. The van der Waals surface area contributed by atoms with Gasteiger partial charge in [0.25, 0.3) is 0 Å². The van der Waals surface area contributed by atoms with Gasteiger partial charge in [0.2, 0.25) is 0 Å². The quantitative estimate of drug-likeness (QED) is 0.137. The van der Waals surface area contributed by atoms with Crippen molar-refractivity contribution in [1.82, 2.24) is 0 Å². The van der Waals surface area contributed by atoms with Crippen molar-refractivity contribution in [2.45, 2.75) is 136 Å². The molecule has 1 heterocycles. The standard InChI is InChI=1S/C27H50O3/c1-21(2)13-9-6-5-7-11-15-24(16-12-8-10-14-22(3)4)27(28)29-20-23-17-18-25-26(19-23)30-25/h21-26H,5-20H2,1-4H3. The van der Waals surface area contributed by atoms with Crippen LogP contribution in [0.15, 0.2) is 0 Å². The Morgan fingerprint density at radius 2 is 1.30 bits per heavy atom. The molecule has 0 aromatic carbocycles. The summed E-state index contributed by atoms with van der Waals surface area (Å²) in [6.07, 6.45) is 19.2. The zero-order chi connectivity index (χ0) is 21.8. The number of esters is 1. The van der Waals surface area contributed by atoms with Crippen LogP contribution in [0.5, 0.6) is 0 Å². The van der Waals surface area contributed by atoms with Crippen molar-refractivity contribution >= 4 is 5.97 Å². The summed E-state index contributed by atoms with van der Waals surface area (Å²) in [6, 6.07) is 0. The molecule has 1 saturated heterocycles. The predicted octanol–water partition coefficient (Wildman–Crippen LogP) is 7.71. The van der Waals surface area contributed by atoms with Gasteiger partial charge in [-0.15, -0.1) is 0 Å². The third kappa shape index (κ3) is 11.2. The largest absolute Gasteiger partial charge is 0.465 e. The van der Waals surface area contributed by atoms with Crippen molar-refractivity contribution in [3.63, 3.8) is 0 Å². The van der Waals surface area contributed by atoms with Crippen LogP contribution in [-0.2, 0) is 14.3 Å². The fraction of sp³-hybridized carbons (Fsp3) is 0.963. The number of carbonyl (C=O) groups is 1. The van der Waals surface area contributed by atoms with E-state index < -0.39 is 0 Å². The van der Waals surface area contributed by atoms with E-state index in [-0.39, 0.29) is 11.9 Å². The summed E-state index contributed by atoms with van der Waals surface area (Å²) < 4.78 is 11.5. The predicted molar refractivity (Wildman–Crippen MR) is 126 cm³/mol. The van der Waals surface area contributed by atoms with E-state index in [1.807, 2.05) is 0 Å². The first kappa shape index (κ1) is 25.7. The Morgan fingerprint density at radius 1 is 0.767 bits per heavy atom. The summed E-state index contributed by atoms with van der Waals surface area (Å²) in [5.74, 6) is 2.32. The maximum absolute atomic E-state index is 12.8. The molecule has 2 fully saturated rings. The number of ether oxygens (including phenoxy) is 2. The Morgan fingerprint density at radius 3 is 1.87 bits per heavy atom. The lowest BCUT2D eigenvalue weighted by Gasteiger charge is -2.21. The highest BCUT2D eigenvalue weighted by atomic mass is 16.6. The first-order chi connectivity index (χ1) is 14.5. The molecule has 0 bridgehead atoms.